The minimum absolute atomic E-state index is 0.0554. The number of nitrogens with zero attached hydrogens (tertiary/aromatic N) is 4. The van der Waals surface area contributed by atoms with Crippen molar-refractivity contribution in [2.75, 3.05) is 36.4 Å². The first-order chi connectivity index (χ1) is 16.9. The molecule has 3 aromatic rings. The van der Waals surface area contributed by atoms with Gasteiger partial charge in [0.15, 0.2) is 0 Å². The van der Waals surface area contributed by atoms with E-state index in [2.05, 4.69) is 21.8 Å². The minimum atomic E-state index is -0.0554. The lowest BCUT2D eigenvalue weighted by Crippen LogP contribution is -2.46. The Labute approximate surface area is 205 Å². The van der Waals surface area contributed by atoms with Crippen LogP contribution in [0.1, 0.15) is 39.0 Å². The van der Waals surface area contributed by atoms with Crippen molar-refractivity contribution < 1.29 is 9.59 Å². The Bertz CT molecular complexity index is 1270. The highest BCUT2D eigenvalue weighted by molar-refractivity contribution is 6.08. The highest BCUT2D eigenvalue weighted by Crippen LogP contribution is 2.37. The fourth-order valence-electron chi connectivity index (χ4n) is 4.89. The van der Waals surface area contributed by atoms with E-state index in [0.29, 0.717) is 24.9 Å². The maximum atomic E-state index is 13.8. The molecule has 2 aliphatic rings. The molecule has 5 rings (SSSR count). The number of fused-ring (bicyclic) bond motifs is 2. The molecule has 3 heterocycles. The van der Waals surface area contributed by atoms with Gasteiger partial charge in [-0.2, -0.15) is 5.10 Å². The summed E-state index contributed by atoms with van der Waals surface area (Å²) in [4.78, 5) is 30.1. The third-order valence-corrected chi connectivity index (χ3v) is 6.95. The summed E-state index contributed by atoms with van der Waals surface area (Å²) in [5.41, 5.74) is 6.59. The van der Waals surface area contributed by atoms with Crippen LogP contribution in [0.25, 0.3) is 0 Å². The quantitative estimate of drug-likeness (QED) is 0.609. The molecule has 0 unspecified atom stereocenters. The summed E-state index contributed by atoms with van der Waals surface area (Å²) in [5, 5.41) is 11.1. The van der Waals surface area contributed by atoms with Gasteiger partial charge < -0.3 is 20.4 Å². The SMILES string of the molecule is Cc1ccc2c(c1)Nc1c(cnn1C)CN2C(=O)c1ccc(CCC(=O)N2CCNCC2)c(C)c1. The number of benzene rings is 2. The second-order valence-corrected chi connectivity index (χ2v) is 9.45. The van der Waals surface area contributed by atoms with Gasteiger partial charge in [-0.1, -0.05) is 12.1 Å². The molecule has 0 atom stereocenters. The Morgan fingerprint density at radius 2 is 1.86 bits per heavy atom. The van der Waals surface area contributed by atoms with Crippen LogP contribution in [0.4, 0.5) is 17.2 Å². The Kier molecular flexibility index (Phi) is 6.30. The summed E-state index contributed by atoms with van der Waals surface area (Å²) in [6, 6.07) is 11.9. The number of carbonyl (C=O) groups is 2. The first-order valence-corrected chi connectivity index (χ1v) is 12.2. The first kappa shape index (κ1) is 23.1. The van der Waals surface area contributed by atoms with Gasteiger partial charge in [0.05, 0.1) is 24.1 Å². The van der Waals surface area contributed by atoms with E-state index in [9.17, 15) is 9.59 Å². The third kappa shape index (κ3) is 4.66. The summed E-state index contributed by atoms with van der Waals surface area (Å²) < 4.78 is 1.80. The molecule has 0 spiro atoms. The van der Waals surface area contributed by atoms with Crippen LogP contribution in [-0.4, -0.2) is 52.7 Å². The molecule has 1 saturated heterocycles. The van der Waals surface area contributed by atoms with Gasteiger partial charge in [0.2, 0.25) is 5.91 Å². The Morgan fingerprint density at radius 1 is 1.06 bits per heavy atom. The third-order valence-electron chi connectivity index (χ3n) is 6.95. The predicted molar refractivity (Wildman–Crippen MR) is 137 cm³/mol. The van der Waals surface area contributed by atoms with E-state index in [1.54, 1.807) is 4.68 Å². The van der Waals surface area contributed by atoms with E-state index in [1.807, 2.05) is 67.2 Å². The summed E-state index contributed by atoms with van der Waals surface area (Å²) in [6.07, 6.45) is 2.98. The Morgan fingerprint density at radius 3 is 2.63 bits per heavy atom. The van der Waals surface area contributed by atoms with Gasteiger partial charge in [0.1, 0.15) is 5.82 Å². The van der Waals surface area contributed by atoms with Gasteiger partial charge >= 0.3 is 0 Å². The number of anilines is 3. The molecule has 1 aromatic heterocycles. The van der Waals surface area contributed by atoms with Crippen molar-refractivity contribution in [2.24, 2.45) is 7.05 Å². The zero-order chi connectivity index (χ0) is 24.5. The van der Waals surface area contributed by atoms with Crippen LogP contribution in [0, 0.1) is 13.8 Å². The fraction of sp³-hybridized carbons (Fsp3) is 0.370. The monoisotopic (exact) mass is 472 g/mol. The van der Waals surface area contributed by atoms with Gasteiger partial charge in [-0.05, 0) is 61.2 Å². The number of hydrogen-bond acceptors (Lipinski definition) is 5. The summed E-state index contributed by atoms with van der Waals surface area (Å²) >= 11 is 0. The van der Waals surface area contributed by atoms with Gasteiger partial charge in [-0.3, -0.25) is 14.3 Å². The van der Waals surface area contributed by atoms with Crippen molar-refractivity contribution in [2.45, 2.75) is 33.2 Å². The van der Waals surface area contributed by atoms with E-state index in [-0.39, 0.29) is 11.8 Å². The molecule has 1 fully saturated rings. The average Bonchev–Trinajstić information content (AvgIpc) is 3.11. The second-order valence-electron chi connectivity index (χ2n) is 9.45. The maximum Gasteiger partial charge on any atom is 0.258 e. The number of aryl methyl sites for hydroxylation is 4. The number of carbonyl (C=O) groups excluding carboxylic acids is 2. The van der Waals surface area contributed by atoms with Crippen LogP contribution >= 0.6 is 0 Å². The molecule has 2 N–H and O–H groups in total. The normalized spacial score (nSPS) is 15.2. The molecular formula is C27H32N6O2. The molecule has 8 heteroatoms. The molecule has 2 amide bonds. The molecule has 0 saturated carbocycles. The molecule has 0 radical (unpaired) electrons. The van der Waals surface area contributed by atoms with Gasteiger partial charge in [-0.25, -0.2) is 0 Å². The molecule has 8 nitrogen and oxygen atoms in total. The number of hydrogen-bond donors (Lipinski definition) is 2. The standard InChI is InChI=1S/C27H32N6O2/c1-18-4-8-24-23(14-18)30-26-22(16-29-31(26)3)17-33(24)27(35)21-6-5-20(19(2)15-21)7-9-25(34)32-12-10-28-11-13-32/h4-6,8,14-16,28,30H,7,9-13,17H2,1-3H3. The Hall–Kier alpha value is -3.65. The van der Waals surface area contributed by atoms with Crippen molar-refractivity contribution in [3.63, 3.8) is 0 Å². The summed E-state index contributed by atoms with van der Waals surface area (Å²) in [6.45, 7) is 7.75. The van der Waals surface area contributed by atoms with E-state index in [0.717, 1.165) is 65.6 Å². The molecule has 182 valence electrons. The highest BCUT2D eigenvalue weighted by Gasteiger charge is 2.27. The lowest BCUT2D eigenvalue weighted by molar-refractivity contribution is -0.131. The average molecular weight is 473 g/mol. The summed E-state index contributed by atoms with van der Waals surface area (Å²) in [5.74, 6) is 1.04. The van der Waals surface area contributed by atoms with Crippen LogP contribution in [0.3, 0.4) is 0 Å². The van der Waals surface area contributed by atoms with Crippen LogP contribution in [0.2, 0.25) is 0 Å². The van der Waals surface area contributed by atoms with Gasteiger partial charge in [0.25, 0.3) is 5.91 Å². The lowest BCUT2D eigenvalue weighted by Gasteiger charge is -2.27. The zero-order valence-electron chi connectivity index (χ0n) is 20.6. The van der Waals surface area contributed by atoms with E-state index in [1.165, 1.54) is 0 Å². The first-order valence-electron chi connectivity index (χ1n) is 12.2. The van der Waals surface area contributed by atoms with Crippen LogP contribution in [0.5, 0.6) is 0 Å². The molecule has 0 aliphatic carbocycles. The van der Waals surface area contributed by atoms with E-state index < -0.39 is 0 Å². The smallest absolute Gasteiger partial charge is 0.258 e. The number of aromatic nitrogens is 2. The molecule has 35 heavy (non-hydrogen) atoms. The predicted octanol–water partition coefficient (Wildman–Crippen LogP) is 3.31. The van der Waals surface area contributed by atoms with Crippen LogP contribution in [0.15, 0.2) is 42.6 Å². The lowest BCUT2D eigenvalue weighted by atomic mass is 10.00. The Balaban J connectivity index is 1.37. The zero-order valence-corrected chi connectivity index (χ0v) is 20.6. The summed E-state index contributed by atoms with van der Waals surface area (Å²) in [7, 11) is 1.90. The van der Waals surface area contributed by atoms with Crippen LogP contribution in [-0.2, 0) is 24.8 Å². The van der Waals surface area contributed by atoms with Crippen molar-refractivity contribution in [1.29, 1.82) is 0 Å². The number of piperazine rings is 1. The number of nitrogens with one attached hydrogen (secondary N) is 2. The molecular weight excluding hydrogens is 440 g/mol. The minimum Gasteiger partial charge on any atom is -0.340 e. The topological polar surface area (TPSA) is 82.5 Å². The second kappa shape index (κ2) is 9.54. The van der Waals surface area contributed by atoms with E-state index >= 15 is 0 Å². The highest BCUT2D eigenvalue weighted by atomic mass is 16.2. The van der Waals surface area contributed by atoms with Gasteiger partial charge in [0, 0.05) is 50.8 Å². The van der Waals surface area contributed by atoms with E-state index in [4.69, 9.17) is 0 Å². The van der Waals surface area contributed by atoms with Gasteiger partial charge in [-0.15, -0.1) is 0 Å². The molecule has 2 aliphatic heterocycles. The number of rotatable bonds is 4. The molecule has 0 bridgehead atoms. The fourth-order valence-corrected chi connectivity index (χ4v) is 4.89. The van der Waals surface area contributed by atoms with Crippen molar-refractivity contribution in [3.8, 4) is 0 Å². The largest absolute Gasteiger partial charge is 0.340 e. The van der Waals surface area contributed by atoms with Crippen LogP contribution < -0.4 is 15.5 Å². The maximum absolute atomic E-state index is 13.8. The van der Waals surface area contributed by atoms with Crippen molar-refractivity contribution >= 4 is 29.0 Å². The number of amides is 2. The van der Waals surface area contributed by atoms with Crippen molar-refractivity contribution in [1.82, 2.24) is 20.0 Å². The van der Waals surface area contributed by atoms with Crippen molar-refractivity contribution in [3.05, 3.63) is 70.4 Å². The molecule has 2 aromatic carbocycles.